The fourth-order valence-corrected chi connectivity index (χ4v) is 4.30. The zero-order chi connectivity index (χ0) is 14.8. The Morgan fingerprint density at radius 3 is 2.57 bits per heavy atom. The summed E-state index contributed by atoms with van der Waals surface area (Å²) in [5.41, 5.74) is 2.22. The minimum Gasteiger partial charge on any atom is -0.372 e. The van der Waals surface area contributed by atoms with Gasteiger partial charge in [-0.25, -0.2) is 0 Å². The molecular weight excluding hydrogens is 341 g/mol. The Labute approximate surface area is 142 Å². The highest BCUT2D eigenvalue weighted by Gasteiger charge is 2.18. The van der Waals surface area contributed by atoms with Crippen molar-refractivity contribution in [1.82, 2.24) is 0 Å². The Kier molecular flexibility index (Phi) is 4.55. The molecule has 0 radical (unpaired) electrons. The number of aryl methyl sites for hydroxylation is 1. The fourth-order valence-electron chi connectivity index (χ4n) is 2.13. The Morgan fingerprint density at radius 2 is 1.90 bits per heavy atom. The number of thiophene rings is 2. The van der Waals surface area contributed by atoms with E-state index in [9.17, 15) is 0 Å². The minimum absolute atomic E-state index is 0.0969. The standard InChI is InChI=1S/C16H13Cl2NS2/c1-10-4-5-11(17)9-12(10)19-16(13-3-2-8-20-13)14-6-7-15(18)21-14/h2-9,16,19H,1H3. The summed E-state index contributed by atoms with van der Waals surface area (Å²) in [6.07, 6.45) is 0. The predicted octanol–water partition coefficient (Wildman–Crippen LogP) is 6.63. The summed E-state index contributed by atoms with van der Waals surface area (Å²) < 4.78 is 0.802. The molecule has 1 aromatic carbocycles. The molecule has 1 N–H and O–H groups in total. The lowest BCUT2D eigenvalue weighted by molar-refractivity contribution is 0.989. The molecule has 0 aliphatic rings. The second kappa shape index (κ2) is 6.41. The van der Waals surface area contributed by atoms with Crippen molar-refractivity contribution in [2.24, 2.45) is 0 Å². The number of rotatable bonds is 4. The van der Waals surface area contributed by atoms with E-state index in [1.165, 1.54) is 15.3 Å². The van der Waals surface area contributed by atoms with E-state index in [4.69, 9.17) is 23.2 Å². The van der Waals surface area contributed by atoms with Gasteiger partial charge in [-0.3, -0.25) is 0 Å². The lowest BCUT2D eigenvalue weighted by Gasteiger charge is -2.19. The van der Waals surface area contributed by atoms with Crippen LogP contribution >= 0.6 is 45.9 Å². The molecule has 2 aromatic heterocycles. The molecule has 2 heterocycles. The van der Waals surface area contributed by atoms with Crippen molar-refractivity contribution in [2.75, 3.05) is 5.32 Å². The number of halogens is 2. The van der Waals surface area contributed by atoms with Gasteiger partial charge in [0.2, 0.25) is 0 Å². The van der Waals surface area contributed by atoms with Gasteiger partial charge in [0, 0.05) is 20.5 Å². The summed E-state index contributed by atoms with van der Waals surface area (Å²) in [6, 6.07) is 14.2. The summed E-state index contributed by atoms with van der Waals surface area (Å²) in [5, 5.41) is 6.42. The fraction of sp³-hybridized carbons (Fsp3) is 0.125. The van der Waals surface area contributed by atoms with Crippen LogP contribution in [0.5, 0.6) is 0 Å². The average Bonchev–Trinajstić information content (AvgIpc) is 3.11. The van der Waals surface area contributed by atoms with Crippen molar-refractivity contribution in [3.63, 3.8) is 0 Å². The second-order valence-corrected chi connectivity index (χ2v) is 7.86. The topological polar surface area (TPSA) is 12.0 Å². The maximum atomic E-state index is 6.12. The first-order valence-corrected chi connectivity index (χ1v) is 8.90. The third-order valence-corrected chi connectivity index (χ3v) is 5.67. The number of anilines is 1. The largest absolute Gasteiger partial charge is 0.372 e. The Morgan fingerprint density at radius 1 is 1.05 bits per heavy atom. The number of hydrogen-bond donors (Lipinski definition) is 1. The van der Waals surface area contributed by atoms with Gasteiger partial charge in [0.15, 0.2) is 0 Å². The van der Waals surface area contributed by atoms with Gasteiger partial charge in [-0.15, -0.1) is 22.7 Å². The molecule has 3 aromatic rings. The van der Waals surface area contributed by atoms with E-state index in [0.29, 0.717) is 0 Å². The molecule has 0 saturated heterocycles. The van der Waals surface area contributed by atoms with Crippen molar-refractivity contribution in [2.45, 2.75) is 13.0 Å². The molecule has 108 valence electrons. The van der Waals surface area contributed by atoms with Crippen LogP contribution < -0.4 is 5.32 Å². The molecule has 0 fully saturated rings. The van der Waals surface area contributed by atoms with Gasteiger partial charge >= 0.3 is 0 Å². The molecule has 0 saturated carbocycles. The van der Waals surface area contributed by atoms with Gasteiger partial charge < -0.3 is 5.32 Å². The van der Waals surface area contributed by atoms with Gasteiger partial charge in [-0.05, 0) is 48.2 Å². The summed E-state index contributed by atoms with van der Waals surface area (Å²) in [4.78, 5) is 2.45. The Hall–Kier alpha value is -1.000. The minimum atomic E-state index is 0.0969. The number of nitrogens with one attached hydrogen (secondary N) is 1. The van der Waals surface area contributed by atoms with Crippen LogP contribution in [0.15, 0.2) is 47.8 Å². The van der Waals surface area contributed by atoms with Gasteiger partial charge in [0.25, 0.3) is 0 Å². The lowest BCUT2D eigenvalue weighted by Crippen LogP contribution is -2.10. The third-order valence-electron chi connectivity index (χ3n) is 3.21. The molecule has 1 atom stereocenters. The summed E-state index contributed by atoms with van der Waals surface area (Å²) in [5.74, 6) is 0. The molecule has 0 aliphatic carbocycles. The third kappa shape index (κ3) is 3.43. The quantitative estimate of drug-likeness (QED) is 0.555. The van der Waals surface area contributed by atoms with Crippen LogP contribution in [-0.4, -0.2) is 0 Å². The molecule has 1 unspecified atom stereocenters. The summed E-state index contributed by atoms with van der Waals surface area (Å²) in [7, 11) is 0. The highest BCUT2D eigenvalue weighted by molar-refractivity contribution is 7.16. The molecule has 3 rings (SSSR count). The number of benzene rings is 1. The van der Waals surface area contributed by atoms with Crippen LogP contribution in [0.3, 0.4) is 0 Å². The van der Waals surface area contributed by atoms with E-state index in [2.05, 4.69) is 35.8 Å². The van der Waals surface area contributed by atoms with Crippen LogP contribution in [0.2, 0.25) is 9.36 Å². The first kappa shape index (κ1) is 14.9. The summed E-state index contributed by atoms with van der Waals surface area (Å²) in [6.45, 7) is 2.07. The highest BCUT2D eigenvalue weighted by atomic mass is 35.5. The van der Waals surface area contributed by atoms with Crippen molar-refractivity contribution in [1.29, 1.82) is 0 Å². The Balaban J connectivity index is 1.98. The van der Waals surface area contributed by atoms with E-state index in [1.54, 1.807) is 22.7 Å². The average molecular weight is 354 g/mol. The van der Waals surface area contributed by atoms with Crippen LogP contribution in [0, 0.1) is 6.92 Å². The van der Waals surface area contributed by atoms with Gasteiger partial charge in [-0.1, -0.05) is 35.3 Å². The van der Waals surface area contributed by atoms with Crippen molar-refractivity contribution in [3.05, 3.63) is 72.5 Å². The lowest BCUT2D eigenvalue weighted by atomic mass is 10.1. The molecule has 0 aliphatic heterocycles. The second-order valence-electron chi connectivity index (χ2n) is 4.69. The normalized spacial score (nSPS) is 12.3. The molecule has 21 heavy (non-hydrogen) atoms. The van der Waals surface area contributed by atoms with Gasteiger partial charge in [0.1, 0.15) is 0 Å². The zero-order valence-corrected chi connectivity index (χ0v) is 14.4. The van der Waals surface area contributed by atoms with Gasteiger partial charge in [0.05, 0.1) is 10.4 Å². The first-order chi connectivity index (χ1) is 10.1. The molecule has 0 spiro atoms. The van der Waals surface area contributed by atoms with E-state index >= 15 is 0 Å². The van der Waals surface area contributed by atoms with Crippen LogP contribution in [-0.2, 0) is 0 Å². The van der Waals surface area contributed by atoms with E-state index in [1.807, 2.05) is 24.3 Å². The Bertz CT molecular complexity index is 735. The van der Waals surface area contributed by atoms with E-state index in [-0.39, 0.29) is 6.04 Å². The maximum Gasteiger partial charge on any atom is 0.0954 e. The van der Waals surface area contributed by atoms with Crippen molar-refractivity contribution < 1.29 is 0 Å². The molecule has 0 bridgehead atoms. The van der Waals surface area contributed by atoms with E-state index < -0.39 is 0 Å². The molecular formula is C16H13Cl2NS2. The van der Waals surface area contributed by atoms with Gasteiger partial charge in [-0.2, -0.15) is 0 Å². The highest BCUT2D eigenvalue weighted by Crippen LogP contribution is 2.36. The first-order valence-electron chi connectivity index (χ1n) is 6.45. The van der Waals surface area contributed by atoms with Crippen molar-refractivity contribution in [3.8, 4) is 0 Å². The molecule has 5 heteroatoms. The van der Waals surface area contributed by atoms with Crippen LogP contribution in [0.1, 0.15) is 21.4 Å². The number of hydrogen-bond acceptors (Lipinski definition) is 3. The smallest absolute Gasteiger partial charge is 0.0954 e. The monoisotopic (exact) mass is 353 g/mol. The molecule has 1 nitrogen and oxygen atoms in total. The van der Waals surface area contributed by atoms with Crippen molar-refractivity contribution >= 4 is 51.6 Å². The zero-order valence-electron chi connectivity index (χ0n) is 11.3. The SMILES string of the molecule is Cc1ccc(Cl)cc1NC(c1cccs1)c1ccc(Cl)s1. The summed E-state index contributed by atoms with van der Waals surface area (Å²) >= 11 is 15.6. The van der Waals surface area contributed by atoms with Crippen LogP contribution in [0.4, 0.5) is 5.69 Å². The maximum absolute atomic E-state index is 6.12. The predicted molar refractivity (Wildman–Crippen MR) is 95.3 cm³/mol. The van der Waals surface area contributed by atoms with Crippen LogP contribution in [0.25, 0.3) is 0 Å². The van der Waals surface area contributed by atoms with E-state index in [0.717, 1.165) is 15.0 Å². The molecule has 0 amide bonds.